The molecule has 0 unspecified atom stereocenters. The van der Waals surface area contributed by atoms with Gasteiger partial charge >= 0.3 is 0 Å². The fourth-order valence-electron chi connectivity index (χ4n) is 5.41. The van der Waals surface area contributed by atoms with Gasteiger partial charge in [-0.3, -0.25) is 4.57 Å². The monoisotopic (exact) mass is 767 g/mol. The van der Waals surface area contributed by atoms with Crippen molar-refractivity contribution in [3.8, 4) is 22.8 Å². The molecule has 15 heteroatoms. The number of methoxy groups -OCH3 is 1. The largest absolute Gasteiger partial charge is 0.497 e. The van der Waals surface area contributed by atoms with Crippen molar-refractivity contribution >= 4 is 36.1 Å². The van der Waals surface area contributed by atoms with Crippen LogP contribution < -0.4 is 4.74 Å². The van der Waals surface area contributed by atoms with Gasteiger partial charge in [-0.1, -0.05) is 67.5 Å². The molecule has 0 spiro atoms. The van der Waals surface area contributed by atoms with E-state index in [0.29, 0.717) is 23.6 Å². The minimum absolute atomic E-state index is 0.0271. The number of fused-ring (bicyclic) bond motifs is 1. The van der Waals surface area contributed by atoms with E-state index in [-0.39, 0.29) is 27.3 Å². The minimum atomic E-state index is -2.35. The third-order valence-electron chi connectivity index (χ3n) is 11.9. The van der Waals surface area contributed by atoms with Gasteiger partial charge in [-0.15, -0.1) is 5.10 Å². The molecule has 3 aromatic heterocycles. The van der Waals surface area contributed by atoms with Crippen molar-refractivity contribution in [3.05, 3.63) is 43.1 Å². The van der Waals surface area contributed by atoms with E-state index >= 15 is 0 Å². The van der Waals surface area contributed by atoms with Crippen LogP contribution in [0.25, 0.3) is 28.2 Å². The number of nitrogens with zero attached hydrogens (tertiary/aromatic N) is 7. The number of hydrogen-bond acceptors (Lipinski definition) is 10. The summed E-state index contributed by atoms with van der Waals surface area (Å²) >= 11 is 0. The molecular formula is C37H61N7O5Si3. The molecule has 5 rings (SSSR count). The van der Waals surface area contributed by atoms with Gasteiger partial charge in [-0.2, -0.15) is 4.68 Å². The van der Waals surface area contributed by atoms with Gasteiger partial charge in [0.05, 0.1) is 31.9 Å². The average Bonchev–Trinajstić information content (AvgIpc) is 3.76. The molecule has 1 aliphatic heterocycles. The number of rotatable bonds is 11. The number of ether oxygens (including phenoxy) is 2. The summed E-state index contributed by atoms with van der Waals surface area (Å²) in [7, 11) is -5.14. The van der Waals surface area contributed by atoms with E-state index in [9.17, 15) is 0 Å². The van der Waals surface area contributed by atoms with Gasteiger partial charge in [0.15, 0.2) is 48.2 Å². The van der Waals surface area contributed by atoms with E-state index in [1.54, 1.807) is 24.3 Å². The summed E-state index contributed by atoms with van der Waals surface area (Å²) in [5.41, 5.74) is 2.85. The molecule has 0 radical (unpaired) electrons. The molecule has 4 atom stereocenters. The summed E-state index contributed by atoms with van der Waals surface area (Å²) in [6, 6.07) is 7.75. The Morgan fingerprint density at radius 2 is 1.33 bits per heavy atom. The summed E-state index contributed by atoms with van der Waals surface area (Å²) < 4.78 is 37.8. The molecule has 0 bridgehead atoms. The highest BCUT2D eigenvalue weighted by Crippen LogP contribution is 2.47. The van der Waals surface area contributed by atoms with Gasteiger partial charge in [0.1, 0.15) is 30.4 Å². The van der Waals surface area contributed by atoms with Crippen LogP contribution in [-0.2, 0) is 18.0 Å². The van der Waals surface area contributed by atoms with Gasteiger partial charge in [0.25, 0.3) is 0 Å². The maximum atomic E-state index is 7.38. The Kier molecular flexibility index (Phi) is 11.0. The predicted molar refractivity (Wildman–Crippen MR) is 213 cm³/mol. The van der Waals surface area contributed by atoms with Crippen molar-refractivity contribution in [1.29, 1.82) is 0 Å². The summed E-state index contributed by atoms with van der Waals surface area (Å²) in [6.45, 7) is 34.5. The zero-order valence-electron chi connectivity index (χ0n) is 34.2. The van der Waals surface area contributed by atoms with Crippen LogP contribution in [-0.4, -0.2) is 91.5 Å². The standard InChI is InChI=1S/C37H61N7O5Si3/c1-35(2,3)50(11,12)46-22-28-30(48-51(13,14)36(4,5)6)31(49-52(15,16)37(7,8)9)34(47-28)43-24-40-29-32(43)38-23-39-33(29)44-27(21-41-42-44)25-17-19-26(45-10)20-18-25/h17-21,23-24,28,30-31,34H,22H2,1-16H3/t28-,30-,31-,34-/m1/s1. The highest BCUT2D eigenvalue weighted by molar-refractivity contribution is 6.75. The molecule has 12 nitrogen and oxygen atoms in total. The number of imidazole rings is 1. The lowest BCUT2D eigenvalue weighted by molar-refractivity contribution is -0.0470. The molecule has 52 heavy (non-hydrogen) atoms. The highest BCUT2D eigenvalue weighted by Gasteiger charge is 2.55. The zero-order chi connectivity index (χ0) is 38.7. The Balaban J connectivity index is 1.63. The quantitative estimate of drug-likeness (QED) is 0.137. The normalized spacial score (nSPS) is 20.9. The molecule has 0 amide bonds. The topological polar surface area (TPSA) is 120 Å². The van der Waals surface area contributed by atoms with Crippen molar-refractivity contribution < 1.29 is 22.8 Å². The maximum Gasteiger partial charge on any atom is 0.192 e. The second-order valence-electron chi connectivity index (χ2n) is 18.6. The molecule has 1 saturated heterocycles. The van der Waals surface area contributed by atoms with Crippen molar-refractivity contribution in [2.75, 3.05) is 13.7 Å². The smallest absolute Gasteiger partial charge is 0.192 e. The number of hydrogen-bond donors (Lipinski definition) is 0. The van der Waals surface area contributed by atoms with Crippen LogP contribution in [0, 0.1) is 0 Å². The Morgan fingerprint density at radius 1 is 0.750 bits per heavy atom. The Hall–Kier alpha value is -2.80. The molecule has 0 saturated carbocycles. The van der Waals surface area contributed by atoms with Crippen molar-refractivity contribution in [2.24, 2.45) is 0 Å². The molecular weight excluding hydrogens is 707 g/mol. The van der Waals surface area contributed by atoms with Gasteiger partial charge in [0, 0.05) is 5.56 Å². The van der Waals surface area contributed by atoms with E-state index in [1.807, 2.05) is 28.8 Å². The van der Waals surface area contributed by atoms with Crippen LogP contribution in [0.5, 0.6) is 5.75 Å². The molecule has 0 aliphatic carbocycles. The van der Waals surface area contributed by atoms with Crippen LogP contribution in [0.15, 0.2) is 43.1 Å². The molecule has 0 N–H and O–H groups in total. The molecule has 1 aromatic carbocycles. The van der Waals surface area contributed by atoms with Gasteiger partial charge in [-0.25, -0.2) is 15.0 Å². The molecule has 1 aliphatic rings. The second kappa shape index (κ2) is 14.1. The first kappa shape index (κ1) is 40.4. The first-order valence-electron chi connectivity index (χ1n) is 18.3. The van der Waals surface area contributed by atoms with Crippen LogP contribution in [0.4, 0.5) is 0 Å². The van der Waals surface area contributed by atoms with Crippen LogP contribution in [0.3, 0.4) is 0 Å². The van der Waals surface area contributed by atoms with Gasteiger partial charge in [0.2, 0.25) is 0 Å². The molecule has 4 heterocycles. The lowest BCUT2D eigenvalue weighted by atomic mass is 10.1. The SMILES string of the molecule is COc1ccc(-c2cnnn2-c2ncnc3c2ncn3[C@@H]2O[C@H](CO[Si](C)(C)C(C)(C)C)[C@@H](O[Si](C)(C)C(C)(C)C)[C@H]2O[Si](C)(C)C(C)(C)C)cc1. The first-order valence-corrected chi connectivity index (χ1v) is 27.0. The average molecular weight is 768 g/mol. The molecule has 286 valence electrons. The molecule has 1 fully saturated rings. The van der Waals surface area contributed by atoms with Crippen molar-refractivity contribution in [1.82, 2.24) is 34.5 Å². The summed E-state index contributed by atoms with van der Waals surface area (Å²) in [4.78, 5) is 14.3. The Labute approximate surface area is 313 Å². The lowest BCUT2D eigenvalue weighted by Crippen LogP contribution is -2.54. The van der Waals surface area contributed by atoms with Crippen molar-refractivity contribution in [2.45, 2.75) is 141 Å². The summed E-state index contributed by atoms with van der Waals surface area (Å²) in [6.07, 6.45) is 3.25. The Morgan fingerprint density at radius 3 is 1.88 bits per heavy atom. The third-order valence-corrected chi connectivity index (χ3v) is 25.4. The van der Waals surface area contributed by atoms with Crippen molar-refractivity contribution in [3.63, 3.8) is 0 Å². The van der Waals surface area contributed by atoms with Crippen LogP contribution >= 0.6 is 0 Å². The van der Waals surface area contributed by atoms with E-state index in [2.05, 4.69) is 117 Å². The first-order chi connectivity index (χ1) is 23.9. The van der Waals surface area contributed by atoms with E-state index in [0.717, 1.165) is 17.0 Å². The lowest BCUT2D eigenvalue weighted by Gasteiger charge is -2.44. The predicted octanol–water partition coefficient (Wildman–Crippen LogP) is 8.78. The van der Waals surface area contributed by atoms with Crippen LogP contribution in [0.2, 0.25) is 54.4 Å². The van der Waals surface area contributed by atoms with E-state index in [4.69, 9.17) is 32.7 Å². The minimum Gasteiger partial charge on any atom is -0.497 e. The van der Waals surface area contributed by atoms with E-state index in [1.165, 1.54) is 6.33 Å². The van der Waals surface area contributed by atoms with Gasteiger partial charge in [-0.05, 0) is 78.7 Å². The van der Waals surface area contributed by atoms with Crippen LogP contribution in [0.1, 0.15) is 68.5 Å². The molecule has 4 aromatic rings. The van der Waals surface area contributed by atoms with E-state index < -0.39 is 37.3 Å². The maximum absolute atomic E-state index is 7.38. The Bertz CT molecular complexity index is 1840. The number of benzene rings is 1. The zero-order valence-corrected chi connectivity index (χ0v) is 37.2. The fourth-order valence-corrected chi connectivity index (χ4v) is 9.02. The third kappa shape index (κ3) is 7.86. The summed E-state index contributed by atoms with van der Waals surface area (Å²) in [5.74, 6) is 1.28. The number of aromatic nitrogens is 7. The highest BCUT2D eigenvalue weighted by atomic mass is 28.4. The fraction of sp³-hybridized carbons (Fsp3) is 0.649. The van der Waals surface area contributed by atoms with Gasteiger partial charge < -0.3 is 22.8 Å². The summed E-state index contributed by atoms with van der Waals surface area (Å²) in [5, 5.41) is 8.63. The second-order valence-corrected chi connectivity index (χ2v) is 32.9.